The zero-order valence-electron chi connectivity index (χ0n) is 11.8. The van der Waals surface area contributed by atoms with Gasteiger partial charge in [0, 0.05) is 30.3 Å². The van der Waals surface area contributed by atoms with Crippen molar-refractivity contribution in [2.24, 2.45) is 0 Å². The Morgan fingerprint density at radius 1 is 1.35 bits per heavy atom. The van der Waals surface area contributed by atoms with Crippen LogP contribution in [0.3, 0.4) is 0 Å². The molecule has 2 aromatic rings. The van der Waals surface area contributed by atoms with Crippen LogP contribution >= 0.6 is 0 Å². The van der Waals surface area contributed by atoms with E-state index in [0.717, 1.165) is 12.1 Å². The van der Waals surface area contributed by atoms with Gasteiger partial charge in [-0.05, 0) is 20.8 Å². The summed E-state index contributed by atoms with van der Waals surface area (Å²) in [6, 6.07) is 4.99. The number of nitrogens with zero attached hydrogens (tertiary/aromatic N) is 4. The number of anilines is 1. The Morgan fingerprint density at radius 2 is 2.10 bits per heavy atom. The second-order valence-electron chi connectivity index (χ2n) is 4.33. The monoisotopic (exact) mass is 275 g/mol. The number of nitro benzene ring substituents is 1. The first-order chi connectivity index (χ1) is 9.60. The van der Waals surface area contributed by atoms with Crippen LogP contribution in [0.1, 0.15) is 19.4 Å². The molecule has 0 aliphatic rings. The first kappa shape index (κ1) is 14.0. The summed E-state index contributed by atoms with van der Waals surface area (Å²) in [5.74, 6) is 1.32. The van der Waals surface area contributed by atoms with E-state index < -0.39 is 0 Å². The Kier molecular flexibility index (Phi) is 3.97. The van der Waals surface area contributed by atoms with Gasteiger partial charge >= 0.3 is 0 Å². The van der Waals surface area contributed by atoms with Crippen LogP contribution < -0.4 is 5.32 Å². The highest BCUT2D eigenvalue weighted by atomic mass is 16.6. The van der Waals surface area contributed by atoms with Crippen LogP contribution in [0.25, 0.3) is 11.4 Å². The number of aromatic nitrogens is 3. The van der Waals surface area contributed by atoms with Crippen molar-refractivity contribution < 1.29 is 4.92 Å². The number of nitrogens with one attached hydrogen (secondary N) is 1. The number of rotatable bonds is 5. The minimum absolute atomic E-state index is 0.0955. The van der Waals surface area contributed by atoms with Crippen molar-refractivity contribution in [3.8, 4) is 11.4 Å². The lowest BCUT2D eigenvalue weighted by atomic mass is 10.1. The molecule has 0 spiro atoms. The Labute approximate surface area is 116 Å². The molecule has 0 bridgehead atoms. The second-order valence-corrected chi connectivity index (χ2v) is 4.33. The Morgan fingerprint density at radius 3 is 2.70 bits per heavy atom. The summed E-state index contributed by atoms with van der Waals surface area (Å²) < 4.78 is 1.91. The fraction of sp³-hybridized carbons (Fsp3) is 0.385. The molecule has 2 rings (SSSR count). The van der Waals surface area contributed by atoms with E-state index in [1.807, 2.05) is 24.5 Å². The van der Waals surface area contributed by atoms with Gasteiger partial charge < -0.3 is 5.32 Å². The summed E-state index contributed by atoms with van der Waals surface area (Å²) in [7, 11) is 0. The van der Waals surface area contributed by atoms with E-state index in [9.17, 15) is 10.1 Å². The van der Waals surface area contributed by atoms with Crippen LogP contribution in [-0.2, 0) is 6.54 Å². The van der Waals surface area contributed by atoms with Gasteiger partial charge in [-0.25, -0.2) is 0 Å². The molecule has 7 heteroatoms. The van der Waals surface area contributed by atoms with Gasteiger partial charge in [0.1, 0.15) is 0 Å². The van der Waals surface area contributed by atoms with Crippen molar-refractivity contribution in [3.05, 3.63) is 33.9 Å². The Hall–Kier alpha value is -2.44. The van der Waals surface area contributed by atoms with Gasteiger partial charge in [0.25, 0.3) is 5.69 Å². The topological polar surface area (TPSA) is 85.9 Å². The predicted molar refractivity (Wildman–Crippen MR) is 76.7 cm³/mol. The molecule has 106 valence electrons. The van der Waals surface area contributed by atoms with Gasteiger partial charge in [-0.2, -0.15) is 0 Å². The molecule has 1 N–H and O–H groups in total. The van der Waals surface area contributed by atoms with Crippen molar-refractivity contribution in [1.82, 2.24) is 14.8 Å². The Balaban J connectivity index is 2.57. The summed E-state index contributed by atoms with van der Waals surface area (Å²) in [5, 5.41) is 22.4. The van der Waals surface area contributed by atoms with Crippen molar-refractivity contribution in [2.75, 3.05) is 11.9 Å². The summed E-state index contributed by atoms with van der Waals surface area (Å²) in [6.07, 6.45) is 0. The van der Waals surface area contributed by atoms with E-state index >= 15 is 0 Å². The van der Waals surface area contributed by atoms with Gasteiger partial charge in [0.05, 0.1) is 4.92 Å². The second kappa shape index (κ2) is 5.68. The third-order valence-corrected chi connectivity index (χ3v) is 3.14. The largest absolute Gasteiger partial charge is 0.355 e. The zero-order chi connectivity index (χ0) is 14.7. The van der Waals surface area contributed by atoms with Crippen LogP contribution in [0.5, 0.6) is 0 Å². The molecule has 0 unspecified atom stereocenters. The smallest absolute Gasteiger partial charge is 0.273 e. The van der Waals surface area contributed by atoms with E-state index in [-0.39, 0.29) is 10.6 Å². The van der Waals surface area contributed by atoms with Crippen LogP contribution in [0.15, 0.2) is 18.2 Å². The third kappa shape index (κ3) is 2.34. The van der Waals surface area contributed by atoms with Crippen molar-refractivity contribution in [2.45, 2.75) is 27.3 Å². The molecule has 0 aliphatic carbocycles. The van der Waals surface area contributed by atoms with E-state index in [2.05, 4.69) is 15.5 Å². The van der Waals surface area contributed by atoms with Crippen LogP contribution in [-0.4, -0.2) is 26.2 Å². The summed E-state index contributed by atoms with van der Waals surface area (Å²) >= 11 is 0. The highest BCUT2D eigenvalue weighted by Gasteiger charge is 2.19. The maximum atomic E-state index is 11.0. The first-order valence-electron chi connectivity index (χ1n) is 6.51. The van der Waals surface area contributed by atoms with Gasteiger partial charge in [0.15, 0.2) is 5.82 Å². The fourth-order valence-electron chi connectivity index (χ4n) is 2.15. The summed E-state index contributed by atoms with van der Waals surface area (Å²) in [6.45, 7) is 7.13. The van der Waals surface area contributed by atoms with E-state index in [1.54, 1.807) is 13.0 Å². The number of hydrogen-bond acceptors (Lipinski definition) is 5. The van der Waals surface area contributed by atoms with E-state index in [4.69, 9.17) is 0 Å². The molecular formula is C13H17N5O2. The van der Waals surface area contributed by atoms with Crippen molar-refractivity contribution in [1.29, 1.82) is 0 Å². The number of hydrogen-bond donors (Lipinski definition) is 1. The molecule has 0 saturated heterocycles. The van der Waals surface area contributed by atoms with Crippen molar-refractivity contribution in [3.63, 3.8) is 0 Å². The number of nitro groups is 1. The maximum absolute atomic E-state index is 11.0. The normalized spacial score (nSPS) is 10.6. The van der Waals surface area contributed by atoms with Crippen molar-refractivity contribution >= 4 is 11.6 Å². The molecule has 0 atom stereocenters. The lowest BCUT2D eigenvalue weighted by molar-refractivity contribution is -0.385. The average molecular weight is 275 g/mol. The molecule has 20 heavy (non-hydrogen) atoms. The van der Waals surface area contributed by atoms with Crippen LogP contribution in [0.4, 0.5) is 11.6 Å². The molecule has 0 aliphatic heterocycles. The average Bonchev–Trinajstić information content (AvgIpc) is 2.81. The molecule has 0 saturated carbocycles. The standard InChI is InChI=1S/C13H17N5O2/c1-4-14-13-16-15-12(17(13)5-2)10-7-6-8-11(9(10)3)18(19)20/h6-8H,4-5H2,1-3H3,(H,14,16). The molecule has 1 aromatic carbocycles. The predicted octanol–water partition coefficient (Wildman–Crippen LogP) is 2.61. The molecule has 0 fully saturated rings. The van der Waals surface area contributed by atoms with E-state index in [1.165, 1.54) is 6.07 Å². The lowest BCUT2D eigenvalue weighted by Gasteiger charge is -2.09. The molecule has 7 nitrogen and oxygen atoms in total. The third-order valence-electron chi connectivity index (χ3n) is 3.14. The summed E-state index contributed by atoms with van der Waals surface area (Å²) in [5.41, 5.74) is 1.43. The summed E-state index contributed by atoms with van der Waals surface area (Å²) in [4.78, 5) is 10.6. The Bertz CT molecular complexity index is 636. The number of benzene rings is 1. The maximum Gasteiger partial charge on any atom is 0.273 e. The highest BCUT2D eigenvalue weighted by Crippen LogP contribution is 2.29. The quantitative estimate of drug-likeness (QED) is 0.669. The van der Waals surface area contributed by atoms with Crippen LogP contribution in [0.2, 0.25) is 0 Å². The molecular weight excluding hydrogens is 258 g/mol. The zero-order valence-corrected chi connectivity index (χ0v) is 11.8. The van der Waals surface area contributed by atoms with Gasteiger partial charge in [-0.3, -0.25) is 14.7 Å². The minimum atomic E-state index is -0.378. The molecule has 1 heterocycles. The molecule has 0 radical (unpaired) electrons. The molecule has 1 aromatic heterocycles. The first-order valence-corrected chi connectivity index (χ1v) is 6.51. The van der Waals surface area contributed by atoms with Gasteiger partial charge in [-0.15, -0.1) is 10.2 Å². The highest BCUT2D eigenvalue weighted by molar-refractivity contribution is 5.67. The lowest BCUT2D eigenvalue weighted by Crippen LogP contribution is -2.07. The minimum Gasteiger partial charge on any atom is -0.355 e. The van der Waals surface area contributed by atoms with Gasteiger partial charge in [0.2, 0.25) is 5.95 Å². The van der Waals surface area contributed by atoms with E-state index in [0.29, 0.717) is 23.9 Å². The SMILES string of the molecule is CCNc1nnc(-c2cccc([N+](=O)[O-])c2C)n1CC. The fourth-order valence-corrected chi connectivity index (χ4v) is 2.15. The van der Waals surface area contributed by atoms with Crippen LogP contribution in [0, 0.1) is 17.0 Å². The molecule has 0 amide bonds. The van der Waals surface area contributed by atoms with Gasteiger partial charge in [-0.1, -0.05) is 12.1 Å².